The molecule has 3 rings (SSSR count). The first-order chi connectivity index (χ1) is 22.2. The molecule has 1 heterocycles. The molecular formula is C43H69N2+. The largest absolute Gasteiger partial charge is 0.258 e. The highest BCUT2D eigenvalue weighted by molar-refractivity contribution is 5.32. The normalized spacial score (nSPS) is 13.6. The number of aromatic nitrogens is 2. The topological polar surface area (TPSA) is 19.7 Å². The second-order valence-electron chi connectivity index (χ2n) is 14.2. The highest BCUT2D eigenvalue weighted by atomic mass is 15.1. The van der Waals surface area contributed by atoms with Crippen molar-refractivity contribution in [3.8, 4) is 0 Å². The van der Waals surface area contributed by atoms with Gasteiger partial charge in [-0.3, -0.25) is 0 Å². The Morgan fingerprint density at radius 3 is 1.58 bits per heavy atom. The number of H-pyrrole nitrogens is 1. The molecule has 2 unspecified atom stereocenters. The third-order valence-electron chi connectivity index (χ3n) is 10.3. The predicted molar refractivity (Wildman–Crippen MR) is 196 cm³/mol. The van der Waals surface area contributed by atoms with Crippen LogP contribution in [0, 0.1) is 0 Å². The molecule has 2 atom stereocenters. The second-order valence-corrected chi connectivity index (χ2v) is 14.2. The van der Waals surface area contributed by atoms with Gasteiger partial charge in [-0.15, -0.1) is 0 Å². The molecule has 2 aromatic carbocycles. The molecule has 2 heteroatoms. The lowest BCUT2D eigenvalue weighted by Gasteiger charge is -2.37. The minimum absolute atomic E-state index is 0.00645. The van der Waals surface area contributed by atoms with Gasteiger partial charge in [0, 0.05) is 5.41 Å². The quantitative estimate of drug-likeness (QED) is 0.0652. The molecule has 0 radical (unpaired) electrons. The lowest BCUT2D eigenvalue weighted by Crippen LogP contribution is -2.43. The van der Waals surface area contributed by atoms with Gasteiger partial charge in [-0.1, -0.05) is 197 Å². The highest BCUT2D eigenvalue weighted by Gasteiger charge is 2.41. The van der Waals surface area contributed by atoms with Gasteiger partial charge in [-0.25, -0.2) is 9.55 Å². The molecule has 2 nitrogen and oxygen atoms in total. The Hall–Kier alpha value is -2.35. The molecule has 0 aliphatic carbocycles. The maximum Gasteiger partial charge on any atom is 0.258 e. The summed E-state index contributed by atoms with van der Waals surface area (Å²) in [5, 5.41) is 0. The Bertz CT molecular complexity index is 1090. The van der Waals surface area contributed by atoms with Crippen molar-refractivity contribution >= 4 is 0 Å². The second kappa shape index (κ2) is 23.0. The molecule has 0 aliphatic heterocycles. The number of hydrogen-bond acceptors (Lipinski definition) is 0. The minimum atomic E-state index is 0.00645. The van der Waals surface area contributed by atoms with Gasteiger partial charge in [-0.2, -0.15) is 0 Å². The third kappa shape index (κ3) is 13.9. The zero-order valence-corrected chi connectivity index (χ0v) is 29.7. The zero-order chi connectivity index (χ0) is 31.8. The first-order valence-electron chi connectivity index (χ1n) is 19.3. The maximum atomic E-state index is 3.80. The summed E-state index contributed by atoms with van der Waals surface area (Å²) >= 11 is 0. The Labute approximate surface area is 278 Å². The Morgan fingerprint density at radius 2 is 1.04 bits per heavy atom. The third-order valence-corrected chi connectivity index (χ3v) is 10.3. The molecule has 1 aromatic heterocycles. The van der Waals surface area contributed by atoms with E-state index in [0.717, 1.165) is 13.0 Å². The lowest BCUT2D eigenvalue weighted by atomic mass is 9.66. The molecule has 0 aliphatic rings. The summed E-state index contributed by atoms with van der Waals surface area (Å²) in [7, 11) is 0. The van der Waals surface area contributed by atoms with Gasteiger partial charge >= 0.3 is 0 Å². The smallest absolute Gasteiger partial charge is 0.247 e. The lowest BCUT2D eigenvalue weighted by molar-refractivity contribution is -0.705. The van der Waals surface area contributed by atoms with Crippen molar-refractivity contribution < 1.29 is 4.57 Å². The van der Waals surface area contributed by atoms with E-state index in [2.05, 4.69) is 103 Å². The molecule has 0 bridgehead atoms. The van der Waals surface area contributed by atoms with Crippen molar-refractivity contribution in [2.75, 3.05) is 0 Å². The first kappa shape index (κ1) is 37.1. The zero-order valence-electron chi connectivity index (χ0n) is 29.7. The van der Waals surface area contributed by atoms with E-state index in [4.69, 9.17) is 0 Å². The van der Waals surface area contributed by atoms with E-state index in [1.807, 2.05) is 0 Å². The van der Waals surface area contributed by atoms with Gasteiger partial charge in [0.05, 0.1) is 12.5 Å². The molecule has 0 saturated heterocycles. The number of benzene rings is 2. The van der Waals surface area contributed by atoms with Crippen LogP contribution in [0.2, 0.25) is 0 Å². The fourth-order valence-corrected chi connectivity index (χ4v) is 7.50. The fourth-order valence-electron chi connectivity index (χ4n) is 7.50. The predicted octanol–water partition coefficient (Wildman–Crippen LogP) is 12.8. The molecule has 45 heavy (non-hydrogen) atoms. The number of nitrogens with zero attached hydrogens (tertiary/aromatic N) is 1. The van der Waals surface area contributed by atoms with E-state index in [-0.39, 0.29) is 5.41 Å². The van der Waals surface area contributed by atoms with Gasteiger partial charge in [0.1, 0.15) is 12.4 Å². The van der Waals surface area contributed by atoms with Crippen LogP contribution in [0.25, 0.3) is 0 Å². The molecule has 1 N–H and O–H groups in total. The van der Waals surface area contributed by atoms with Crippen LogP contribution in [0.4, 0.5) is 0 Å². The van der Waals surface area contributed by atoms with Crippen LogP contribution < -0.4 is 4.57 Å². The fraction of sp³-hybridized carbons (Fsp3) is 0.651. The summed E-state index contributed by atoms with van der Waals surface area (Å²) in [6, 6.07) is 22.6. The molecule has 250 valence electrons. The summed E-state index contributed by atoms with van der Waals surface area (Å²) < 4.78 is 2.57. The Morgan fingerprint density at radius 1 is 0.578 bits per heavy atom. The van der Waals surface area contributed by atoms with E-state index in [0.29, 0.717) is 5.92 Å². The molecule has 0 saturated carbocycles. The van der Waals surface area contributed by atoms with Crippen molar-refractivity contribution in [3.63, 3.8) is 0 Å². The van der Waals surface area contributed by atoms with E-state index in [9.17, 15) is 0 Å². The van der Waals surface area contributed by atoms with Crippen LogP contribution in [0.15, 0.2) is 73.1 Å². The monoisotopic (exact) mass is 614 g/mol. The average Bonchev–Trinajstić information content (AvgIpc) is 3.53. The Kier molecular flexibility index (Phi) is 19.0. The van der Waals surface area contributed by atoms with E-state index in [1.165, 1.54) is 152 Å². The van der Waals surface area contributed by atoms with Gasteiger partial charge in [0.15, 0.2) is 0 Å². The van der Waals surface area contributed by atoms with Crippen molar-refractivity contribution in [2.45, 2.75) is 180 Å². The van der Waals surface area contributed by atoms with Gasteiger partial charge < -0.3 is 0 Å². The van der Waals surface area contributed by atoms with Gasteiger partial charge in [0.2, 0.25) is 0 Å². The SMILES string of the molecule is CCCCCCCCCCCCCCCC(c1[nH]cc[n+]1CCCCCCCCC)C(C)(Cc1ccccc1)c1ccccc1. The van der Waals surface area contributed by atoms with E-state index >= 15 is 0 Å². The summed E-state index contributed by atoms with van der Waals surface area (Å²) in [5.41, 5.74) is 2.90. The van der Waals surface area contributed by atoms with Crippen LogP contribution >= 0.6 is 0 Å². The molecule has 0 fully saturated rings. The van der Waals surface area contributed by atoms with Gasteiger partial charge in [0.25, 0.3) is 5.82 Å². The number of aromatic amines is 1. The molecule has 3 aromatic rings. The first-order valence-corrected chi connectivity index (χ1v) is 19.3. The summed E-state index contributed by atoms with van der Waals surface area (Å²) in [6.45, 7) is 8.28. The van der Waals surface area contributed by atoms with Crippen LogP contribution in [0.5, 0.6) is 0 Å². The maximum absolute atomic E-state index is 3.80. The van der Waals surface area contributed by atoms with Crippen molar-refractivity contribution in [1.29, 1.82) is 0 Å². The van der Waals surface area contributed by atoms with Crippen LogP contribution in [-0.4, -0.2) is 4.98 Å². The van der Waals surface area contributed by atoms with Crippen molar-refractivity contribution in [3.05, 3.63) is 90.0 Å². The number of rotatable bonds is 27. The number of nitrogens with one attached hydrogen (secondary N) is 1. The van der Waals surface area contributed by atoms with Crippen LogP contribution in [0.3, 0.4) is 0 Å². The summed E-state index contributed by atoms with van der Waals surface area (Å²) in [4.78, 5) is 3.80. The van der Waals surface area contributed by atoms with Crippen LogP contribution in [0.1, 0.15) is 178 Å². The van der Waals surface area contributed by atoms with E-state index in [1.54, 1.807) is 0 Å². The number of imidazole rings is 1. The minimum Gasteiger partial charge on any atom is -0.247 e. The highest BCUT2D eigenvalue weighted by Crippen LogP contribution is 2.43. The number of unbranched alkanes of at least 4 members (excludes halogenated alkanes) is 18. The van der Waals surface area contributed by atoms with Crippen molar-refractivity contribution in [1.82, 2.24) is 4.98 Å². The average molecular weight is 614 g/mol. The van der Waals surface area contributed by atoms with Crippen LogP contribution in [-0.2, 0) is 18.4 Å². The molecule has 0 spiro atoms. The summed E-state index contributed by atoms with van der Waals surface area (Å²) in [5.74, 6) is 1.87. The molecule has 0 amide bonds. The standard InChI is InChI=1S/C43H68N2/c1-4-6-8-10-12-13-14-15-16-17-18-20-28-34-41(42-44-35-37-45(42)36-29-21-19-11-9-7-5-2)43(3,40-32-26-23-27-33-40)38-39-30-24-22-25-31-39/h22-27,30-33,35,37,41H,4-21,28-29,34,36,38H2,1-3H3/p+1. The van der Waals surface area contributed by atoms with E-state index < -0.39 is 0 Å². The summed E-state index contributed by atoms with van der Waals surface area (Å²) in [6.07, 6.45) is 34.5. The Balaban J connectivity index is 1.63. The van der Waals surface area contributed by atoms with Gasteiger partial charge in [-0.05, 0) is 36.8 Å². The number of hydrogen-bond donors (Lipinski definition) is 1. The molecular weight excluding hydrogens is 544 g/mol. The number of aryl methyl sites for hydroxylation is 1. The van der Waals surface area contributed by atoms with Crippen molar-refractivity contribution in [2.24, 2.45) is 0 Å².